The molecule has 1 amide bonds. The van der Waals surface area contributed by atoms with Crippen LogP contribution < -0.4 is 10.2 Å². The van der Waals surface area contributed by atoms with Crippen molar-refractivity contribution < 1.29 is 9.90 Å². The van der Waals surface area contributed by atoms with Crippen molar-refractivity contribution >= 4 is 23.2 Å². The Kier molecular flexibility index (Phi) is 5.25. The van der Waals surface area contributed by atoms with Crippen LogP contribution >= 0.6 is 11.6 Å². The third-order valence-electron chi connectivity index (χ3n) is 2.56. The summed E-state index contributed by atoms with van der Waals surface area (Å²) in [7, 11) is 3.49. The normalized spacial score (nSPS) is 10.1. The van der Waals surface area contributed by atoms with Gasteiger partial charge in [0, 0.05) is 27.1 Å². The minimum Gasteiger partial charge on any atom is -0.392 e. The van der Waals surface area contributed by atoms with Crippen molar-refractivity contribution in [3.63, 3.8) is 0 Å². The van der Waals surface area contributed by atoms with E-state index < -0.39 is 0 Å². The van der Waals surface area contributed by atoms with E-state index in [4.69, 9.17) is 16.7 Å². The van der Waals surface area contributed by atoms with Gasteiger partial charge in [0.2, 0.25) is 5.91 Å². The number of hydrogen-bond acceptors (Lipinski definition) is 3. The smallest absolute Gasteiger partial charge is 0.221 e. The standard InChI is InChI=1S/C12H17ClN2O2/c1-14-12(17)5-6-15(2)11-4-3-9(8-16)7-10(11)13/h3-4,7,16H,5-6,8H2,1-2H3,(H,14,17). The van der Waals surface area contributed by atoms with Gasteiger partial charge in [0.1, 0.15) is 0 Å². The highest BCUT2D eigenvalue weighted by molar-refractivity contribution is 6.33. The summed E-state index contributed by atoms with van der Waals surface area (Å²) in [5.74, 6) is -0.0000456. The second-order valence-electron chi connectivity index (χ2n) is 3.79. The number of amides is 1. The molecule has 0 aromatic heterocycles. The van der Waals surface area contributed by atoms with Crippen LogP contribution in [0.2, 0.25) is 5.02 Å². The lowest BCUT2D eigenvalue weighted by Crippen LogP contribution is -2.26. The van der Waals surface area contributed by atoms with E-state index in [1.165, 1.54) is 0 Å². The van der Waals surface area contributed by atoms with Gasteiger partial charge in [0.05, 0.1) is 17.3 Å². The third kappa shape index (κ3) is 3.91. The van der Waals surface area contributed by atoms with Crippen LogP contribution in [-0.4, -0.2) is 31.7 Å². The number of rotatable bonds is 5. The molecule has 4 nitrogen and oxygen atoms in total. The zero-order chi connectivity index (χ0) is 12.8. The summed E-state index contributed by atoms with van der Waals surface area (Å²) < 4.78 is 0. The SMILES string of the molecule is CNC(=O)CCN(C)c1ccc(CO)cc1Cl. The van der Waals surface area contributed by atoms with Crippen molar-refractivity contribution in [3.8, 4) is 0 Å². The quantitative estimate of drug-likeness (QED) is 0.838. The van der Waals surface area contributed by atoms with Gasteiger partial charge in [-0.1, -0.05) is 17.7 Å². The first-order chi connectivity index (χ1) is 8.08. The Labute approximate surface area is 106 Å². The fourth-order valence-electron chi connectivity index (χ4n) is 1.47. The van der Waals surface area contributed by atoms with Crippen LogP contribution in [0.1, 0.15) is 12.0 Å². The van der Waals surface area contributed by atoms with Crippen LogP contribution in [0, 0.1) is 0 Å². The topological polar surface area (TPSA) is 52.6 Å². The van der Waals surface area contributed by atoms with Gasteiger partial charge in [-0.2, -0.15) is 0 Å². The molecule has 17 heavy (non-hydrogen) atoms. The molecule has 5 heteroatoms. The fourth-order valence-corrected chi connectivity index (χ4v) is 1.82. The molecule has 0 aliphatic rings. The number of benzene rings is 1. The Morgan fingerprint density at radius 1 is 1.53 bits per heavy atom. The molecule has 94 valence electrons. The van der Waals surface area contributed by atoms with Gasteiger partial charge in [-0.3, -0.25) is 4.79 Å². The largest absolute Gasteiger partial charge is 0.392 e. The van der Waals surface area contributed by atoms with Crippen LogP contribution in [0.4, 0.5) is 5.69 Å². The number of aliphatic hydroxyl groups is 1. The van der Waals surface area contributed by atoms with Crippen molar-refractivity contribution in [2.75, 3.05) is 25.5 Å². The summed E-state index contributed by atoms with van der Waals surface area (Å²) in [6, 6.07) is 5.39. The molecule has 0 aliphatic carbocycles. The molecule has 0 atom stereocenters. The molecule has 1 rings (SSSR count). The summed E-state index contributed by atoms with van der Waals surface area (Å²) in [6.45, 7) is 0.569. The molecule has 0 aliphatic heterocycles. The summed E-state index contributed by atoms with van der Waals surface area (Å²) in [6.07, 6.45) is 0.422. The van der Waals surface area contributed by atoms with E-state index >= 15 is 0 Å². The average Bonchev–Trinajstić information content (AvgIpc) is 2.35. The fraction of sp³-hybridized carbons (Fsp3) is 0.417. The van der Waals surface area contributed by atoms with E-state index in [0.717, 1.165) is 11.3 Å². The number of hydrogen-bond donors (Lipinski definition) is 2. The van der Waals surface area contributed by atoms with Crippen molar-refractivity contribution in [2.24, 2.45) is 0 Å². The highest BCUT2D eigenvalue weighted by atomic mass is 35.5. The Morgan fingerprint density at radius 3 is 2.76 bits per heavy atom. The van der Waals surface area contributed by atoms with E-state index in [2.05, 4.69) is 5.32 Å². The van der Waals surface area contributed by atoms with Crippen LogP contribution in [0.15, 0.2) is 18.2 Å². The molecule has 0 radical (unpaired) electrons. The minimum absolute atomic E-state index is 0.0000456. The van der Waals surface area contributed by atoms with Crippen molar-refractivity contribution in [2.45, 2.75) is 13.0 Å². The second kappa shape index (κ2) is 6.47. The molecule has 2 N–H and O–H groups in total. The number of anilines is 1. The summed E-state index contributed by atoms with van der Waals surface area (Å²) in [4.78, 5) is 13.0. The highest BCUT2D eigenvalue weighted by Gasteiger charge is 2.08. The number of carbonyl (C=O) groups excluding carboxylic acids is 1. The molecule has 0 saturated carbocycles. The lowest BCUT2D eigenvalue weighted by atomic mass is 10.2. The first kappa shape index (κ1) is 13.8. The van der Waals surface area contributed by atoms with Gasteiger partial charge < -0.3 is 15.3 Å². The predicted molar refractivity (Wildman–Crippen MR) is 69.3 cm³/mol. The van der Waals surface area contributed by atoms with Crippen molar-refractivity contribution in [3.05, 3.63) is 28.8 Å². The Hall–Kier alpha value is -1.26. The van der Waals surface area contributed by atoms with E-state index in [-0.39, 0.29) is 12.5 Å². The second-order valence-corrected chi connectivity index (χ2v) is 4.20. The van der Waals surface area contributed by atoms with Crippen LogP contribution in [0.5, 0.6) is 0 Å². The molecule has 0 fully saturated rings. The zero-order valence-corrected chi connectivity index (χ0v) is 10.8. The Morgan fingerprint density at radius 2 is 2.24 bits per heavy atom. The lowest BCUT2D eigenvalue weighted by molar-refractivity contribution is -0.120. The van der Waals surface area contributed by atoms with Crippen molar-refractivity contribution in [1.82, 2.24) is 5.32 Å². The average molecular weight is 257 g/mol. The molecular formula is C12H17ClN2O2. The summed E-state index contributed by atoms with van der Waals surface area (Å²) in [5.41, 5.74) is 1.63. The van der Waals surface area contributed by atoms with E-state index in [0.29, 0.717) is 18.0 Å². The molecule has 1 aromatic carbocycles. The molecular weight excluding hydrogens is 240 g/mol. The highest BCUT2D eigenvalue weighted by Crippen LogP contribution is 2.26. The predicted octanol–water partition coefficient (Wildman–Crippen LogP) is 1.40. The first-order valence-corrected chi connectivity index (χ1v) is 5.77. The van der Waals surface area contributed by atoms with Gasteiger partial charge in [0.15, 0.2) is 0 Å². The Bertz CT molecular complexity index is 396. The van der Waals surface area contributed by atoms with Crippen LogP contribution in [0.25, 0.3) is 0 Å². The minimum atomic E-state index is -0.0258. The molecule has 0 unspecified atom stereocenters. The number of halogens is 1. The number of nitrogens with zero attached hydrogens (tertiary/aromatic N) is 1. The third-order valence-corrected chi connectivity index (χ3v) is 2.86. The monoisotopic (exact) mass is 256 g/mol. The zero-order valence-electron chi connectivity index (χ0n) is 10.0. The number of nitrogens with one attached hydrogen (secondary N) is 1. The maximum Gasteiger partial charge on any atom is 0.221 e. The van der Waals surface area contributed by atoms with E-state index in [9.17, 15) is 4.79 Å². The number of aliphatic hydroxyl groups excluding tert-OH is 1. The van der Waals surface area contributed by atoms with E-state index in [1.807, 2.05) is 24.1 Å². The van der Waals surface area contributed by atoms with E-state index in [1.54, 1.807) is 13.1 Å². The molecule has 0 saturated heterocycles. The number of carbonyl (C=O) groups is 1. The van der Waals surface area contributed by atoms with Gasteiger partial charge in [0.25, 0.3) is 0 Å². The van der Waals surface area contributed by atoms with Gasteiger partial charge in [-0.25, -0.2) is 0 Å². The summed E-state index contributed by atoms with van der Waals surface area (Å²) >= 11 is 6.10. The molecule has 1 aromatic rings. The van der Waals surface area contributed by atoms with Gasteiger partial charge >= 0.3 is 0 Å². The lowest BCUT2D eigenvalue weighted by Gasteiger charge is -2.20. The molecule has 0 spiro atoms. The van der Waals surface area contributed by atoms with Crippen LogP contribution in [0.3, 0.4) is 0 Å². The Balaban J connectivity index is 2.68. The molecule has 0 heterocycles. The summed E-state index contributed by atoms with van der Waals surface area (Å²) in [5, 5.41) is 12.1. The van der Waals surface area contributed by atoms with Crippen molar-refractivity contribution in [1.29, 1.82) is 0 Å². The first-order valence-electron chi connectivity index (χ1n) is 5.39. The van der Waals surface area contributed by atoms with Crippen LogP contribution in [-0.2, 0) is 11.4 Å². The molecule has 0 bridgehead atoms. The van der Waals surface area contributed by atoms with Gasteiger partial charge in [-0.15, -0.1) is 0 Å². The maximum absolute atomic E-state index is 11.1. The maximum atomic E-state index is 11.1. The van der Waals surface area contributed by atoms with Gasteiger partial charge in [-0.05, 0) is 17.7 Å².